The van der Waals surface area contributed by atoms with Crippen molar-refractivity contribution in [3.63, 3.8) is 0 Å². The van der Waals surface area contributed by atoms with Crippen LogP contribution in [-0.2, 0) is 0 Å². The molecule has 0 heterocycles. The topological polar surface area (TPSA) is 12.4 Å². The molecule has 0 N–H and O–H groups in total. The quantitative estimate of drug-likeness (QED) is 0.279. The summed E-state index contributed by atoms with van der Waals surface area (Å²) < 4.78 is 14.1. The summed E-state index contributed by atoms with van der Waals surface area (Å²) in [4.78, 5) is 3.65. The first kappa shape index (κ1) is 20.3. The number of aliphatic imine (C=N–C) groups is 1. The molecule has 2 aromatic rings. The van der Waals surface area contributed by atoms with Crippen LogP contribution in [0.5, 0.6) is 0 Å². The first-order valence-electron chi connectivity index (χ1n) is 10.3. The summed E-state index contributed by atoms with van der Waals surface area (Å²) in [6, 6.07) is 11.4. The molecule has 0 unspecified atom stereocenters. The maximum Gasteiger partial charge on any atom is 0.152 e. The van der Waals surface area contributed by atoms with Gasteiger partial charge in [0.25, 0.3) is 0 Å². The van der Waals surface area contributed by atoms with Crippen LogP contribution >= 0.6 is 23.8 Å². The molecule has 0 amide bonds. The van der Waals surface area contributed by atoms with Gasteiger partial charge >= 0.3 is 0 Å². The third-order valence-corrected chi connectivity index (χ3v) is 6.50. The molecule has 0 spiro atoms. The molecule has 0 saturated heterocycles. The SMILES string of the molecule is Fc1cc(C#Cc2ccc(C3CCC(CC4CC4)CC3)cc2)cc(Cl)c1N=C=S. The minimum Gasteiger partial charge on any atom is -0.204 e. The smallest absolute Gasteiger partial charge is 0.152 e. The molecule has 0 aromatic heterocycles. The normalized spacial score (nSPS) is 21.0. The van der Waals surface area contributed by atoms with E-state index in [1.165, 1.54) is 56.6 Å². The average Bonchev–Trinajstić information content (AvgIpc) is 3.54. The minimum absolute atomic E-state index is 0.00317. The molecule has 148 valence electrons. The van der Waals surface area contributed by atoms with E-state index in [1.54, 1.807) is 6.07 Å². The average molecular weight is 424 g/mol. The van der Waals surface area contributed by atoms with Gasteiger partial charge in [-0.1, -0.05) is 48.4 Å². The number of benzene rings is 2. The Morgan fingerprint density at radius 3 is 2.14 bits per heavy atom. The Morgan fingerprint density at radius 1 is 0.931 bits per heavy atom. The molecule has 4 rings (SSSR count). The standard InChI is InChI=1S/C25H23ClFNS/c26-23-14-20(15-24(27)25(23)28-16-29)4-1-17-5-9-21(10-6-17)22-11-7-19(8-12-22)13-18-2-3-18/h5-6,9-10,14-15,18-19,22H,2-3,7-8,11-13H2. The highest BCUT2D eigenvalue weighted by Gasteiger charge is 2.28. The molecule has 29 heavy (non-hydrogen) atoms. The lowest BCUT2D eigenvalue weighted by molar-refractivity contribution is 0.299. The van der Waals surface area contributed by atoms with Gasteiger partial charge in [-0.15, -0.1) is 0 Å². The summed E-state index contributed by atoms with van der Waals surface area (Å²) in [5.41, 5.74) is 2.84. The van der Waals surface area contributed by atoms with Crippen LogP contribution in [0.1, 0.15) is 67.6 Å². The lowest BCUT2D eigenvalue weighted by Gasteiger charge is -2.28. The van der Waals surface area contributed by atoms with E-state index in [4.69, 9.17) is 11.6 Å². The third kappa shape index (κ3) is 5.34. The summed E-state index contributed by atoms with van der Waals surface area (Å²) in [7, 11) is 0. The fourth-order valence-corrected chi connectivity index (χ4v) is 4.67. The number of isothiocyanates is 1. The minimum atomic E-state index is -0.549. The number of thiocarbonyl (C=S) groups is 1. The number of halogens is 2. The Morgan fingerprint density at radius 2 is 1.55 bits per heavy atom. The van der Waals surface area contributed by atoms with Gasteiger partial charge in [-0.3, -0.25) is 0 Å². The van der Waals surface area contributed by atoms with Crippen molar-refractivity contribution in [1.29, 1.82) is 0 Å². The second-order valence-electron chi connectivity index (χ2n) is 8.26. The Kier molecular flexibility index (Phi) is 6.46. The van der Waals surface area contributed by atoms with Crippen LogP contribution in [0.15, 0.2) is 41.4 Å². The maximum absolute atomic E-state index is 14.1. The molecule has 4 heteroatoms. The predicted octanol–water partition coefficient (Wildman–Crippen LogP) is 7.69. The van der Waals surface area contributed by atoms with Crippen molar-refractivity contribution in [1.82, 2.24) is 0 Å². The van der Waals surface area contributed by atoms with Crippen LogP contribution in [0.25, 0.3) is 0 Å². The van der Waals surface area contributed by atoms with Crippen LogP contribution in [0.4, 0.5) is 10.1 Å². The van der Waals surface area contributed by atoms with Gasteiger partial charge in [0.05, 0.1) is 10.2 Å². The highest BCUT2D eigenvalue weighted by atomic mass is 35.5. The van der Waals surface area contributed by atoms with Gasteiger partial charge in [0.1, 0.15) is 5.69 Å². The zero-order chi connectivity index (χ0) is 20.2. The number of rotatable bonds is 4. The lowest BCUT2D eigenvalue weighted by Crippen LogP contribution is -2.13. The van der Waals surface area contributed by atoms with E-state index < -0.39 is 5.82 Å². The lowest BCUT2D eigenvalue weighted by atomic mass is 9.77. The zero-order valence-electron chi connectivity index (χ0n) is 16.3. The molecule has 0 radical (unpaired) electrons. The van der Waals surface area contributed by atoms with Crippen molar-refractivity contribution in [2.75, 3.05) is 0 Å². The maximum atomic E-state index is 14.1. The Balaban J connectivity index is 1.40. The van der Waals surface area contributed by atoms with Gasteiger partial charge in [0.2, 0.25) is 0 Å². The number of hydrogen-bond donors (Lipinski definition) is 0. The van der Waals surface area contributed by atoms with Gasteiger partial charge in [0, 0.05) is 11.1 Å². The molecule has 0 bridgehead atoms. The van der Waals surface area contributed by atoms with E-state index in [1.807, 2.05) is 0 Å². The third-order valence-electron chi connectivity index (χ3n) is 6.12. The Bertz CT molecular complexity index is 963. The van der Waals surface area contributed by atoms with E-state index >= 15 is 0 Å². The van der Waals surface area contributed by atoms with Crippen LogP contribution in [0, 0.1) is 29.5 Å². The molecule has 2 aromatic carbocycles. The van der Waals surface area contributed by atoms with Crippen molar-refractivity contribution >= 4 is 34.7 Å². The predicted molar refractivity (Wildman–Crippen MR) is 121 cm³/mol. The van der Waals surface area contributed by atoms with Crippen molar-refractivity contribution in [3.05, 3.63) is 63.9 Å². The van der Waals surface area contributed by atoms with Gasteiger partial charge in [-0.05, 0) is 91.9 Å². The molecule has 2 saturated carbocycles. The monoisotopic (exact) mass is 423 g/mol. The van der Waals surface area contributed by atoms with Crippen LogP contribution < -0.4 is 0 Å². The summed E-state index contributed by atoms with van der Waals surface area (Å²) >= 11 is 10.6. The molecule has 0 atom stereocenters. The van der Waals surface area contributed by atoms with Gasteiger partial charge in [0.15, 0.2) is 5.82 Å². The van der Waals surface area contributed by atoms with E-state index in [2.05, 4.69) is 58.5 Å². The molecular formula is C25H23ClFNS. The molecule has 1 nitrogen and oxygen atoms in total. The van der Waals surface area contributed by atoms with E-state index in [0.29, 0.717) is 11.5 Å². The highest BCUT2D eigenvalue weighted by molar-refractivity contribution is 7.78. The fourth-order valence-electron chi connectivity index (χ4n) is 4.33. The second-order valence-corrected chi connectivity index (χ2v) is 8.85. The Hall–Kier alpha value is -1.98. The number of nitrogens with zero attached hydrogens (tertiary/aromatic N) is 1. The van der Waals surface area contributed by atoms with Crippen molar-refractivity contribution in [2.45, 2.75) is 50.9 Å². The highest BCUT2D eigenvalue weighted by Crippen LogP contribution is 2.43. The van der Waals surface area contributed by atoms with Crippen LogP contribution in [0.2, 0.25) is 5.02 Å². The largest absolute Gasteiger partial charge is 0.204 e. The molecule has 0 aliphatic heterocycles. The molecule has 2 aliphatic carbocycles. The first-order chi connectivity index (χ1) is 14.1. The summed E-state index contributed by atoms with van der Waals surface area (Å²) in [5, 5.41) is 2.32. The Labute approximate surface area is 182 Å². The van der Waals surface area contributed by atoms with Crippen molar-refractivity contribution in [3.8, 4) is 11.8 Å². The van der Waals surface area contributed by atoms with Gasteiger partial charge < -0.3 is 0 Å². The van der Waals surface area contributed by atoms with Gasteiger partial charge in [-0.25, -0.2) is 4.39 Å². The zero-order valence-corrected chi connectivity index (χ0v) is 17.8. The van der Waals surface area contributed by atoms with E-state index in [0.717, 1.165) is 17.4 Å². The summed E-state index contributed by atoms with van der Waals surface area (Å²) in [6.45, 7) is 0. The van der Waals surface area contributed by atoms with Gasteiger partial charge in [-0.2, -0.15) is 4.99 Å². The summed E-state index contributed by atoms with van der Waals surface area (Å²) in [5.74, 6) is 8.19. The van der Waals surface area contributed by atoms with Crippen molar-refractivity contribution < 1.29 is 4.39 Å². The molecule has 2 fully saturated rings. The molecule has 2 aliphatic rings. The van der Waals surface area contributed by atoms with Crippen molar-refractivity contribution in [2.24, 2.45) is 16.8 Å². The first-order valence-corrected chi connectivity index (χ1v) is 11.1. The fraction of sp³-hybridized carbons (Fsp3) is 0.400. The number of hydrogen-bond acceptors (Lipinski definition) is 2. The van der Waals surface area contributed by atoms with Crippen LogP contribution in [-0.4, -0.2) is 5.16 Å². The van der Waals surface area contributed by atoms with Crippen LogP contribution in [0.3, 0.4) is 0 Å². The van der Waals surface area contributed by atoms with E-state index in [9.17, 15) is 4.39 Å². The van der Waals surface area contributed by atoms with E-state index in [-0.39, 0.29) is 10.7 Å². The second kappa shape index (κ2) is 9.23. The summed E-state index contributed by atoms with van der Waals surface area (Å²) in [6.07, 6.45) is 9.74. The molecular weight excluding hydrogens is 401 g/mol.